The number of carbonyl (C=O) groups is 2. The molecule has 2 aromatic heterocycles. The molecule has 4 N–H and O–H groups in total. The number of methoxy groups -OCH3 is 1. The molecule has 4 rings (SSSR count). The normalized spacial score (nSPS) is 14.8. The molecule has 2 amide bonds. The Bertz CT molecular complexity index is 1470. The van der Waals surface area contributed by atoms with E-state index in [-0.39, 0.29) is 40.6 Å². The van der Waals surface area contributed by atoms with Crippen LogP contribution in [0.2, 0.25) is 0 Å². The number of anilines is 3. The van der Waals surface area contributed by atoms with Gasteiger partial charge in [0.15, 0.2) is 23.1 Å². The van der Waals surface area contributed by atoms with Gasteiger partial charge in [-0.05, 0) is 25.0 Å². The fraction of sp³-hybridized carbons (Fsp3) is 0.333. The highest BCUT2D eigenvalue weighted by molar-refractivity contribution is 7.46. The van der Waals surface area contributed by atoms with Gasteiger partial charge in [0.2, 0.25) is 5.91 Å². The number of rotatable bonds is 10. The molecule has 1 aliphatic rings. The Morgan fingerprint density at radius 1 is 1.30 bits per heavy atom. The van der Waals surface area contributed by atoms with Gasteiger partial charge in [0.25, 0.3) is 5.91 Å². The number of hydrogen-bond donors (Lipinski definition) is 4. The van der Waals surface area contributed by atoms with E-state index in [0.29, 0.717) is 18.4 Å². The molecule has 1 aromatic carbocycles. The molecule has 0 spiro atoms. The standard InChI is InChI=1S/C21H25N8O7P/c1-22-21(31)17-15(9-16(25-26-17)24-20(30)12-7-8-12)29(11-36-37(32,33)34)14-6-4-5-13(18(14)35-3)19-23-10-28(2)27-19/h4-6,9-10,12H,7-8,11H2,1-3H3,(H,22,31)(H,24,25,30)(H2,32,33,34)/i1D3. The lowest BCUT2D eigenvalue weighted by atomic mass is 10.1. The molecular formula is C21H25N8O7P. The molecule has 1 fully saturated rings. The fourth-order valence-electron chi connectivity index (χ4n) is 3.44. The van der Waals surface area contributed by atoms with Gasteiger partial charge in [0.1, 0.15) is 13.1 Å². The molecule has 16 heteroatoms. The zero-order valence-electron chi connectivity index (χ0n) is 22.7. The molecule has 0 aliphatic heterocycles. The SMILES string of the molecule is [2H]C([2H])([2H])NC(=O)c1nnc(NC(=O)C2CC2)cc1N(COP(=O)(O)O)c1cccc(-c2ncn(C)n2)c1OC. The number of phosphoric ester groups is 1. The highest BCUT2D eigenvalue weighted by Crippen LogP contribution is 2.43. The second-order valence-electron chi connectivity index (χ2n) is 7.96. The van der Waals surface area contributed by atoms with Gasteiger partial charge >= 0.3 is 7.82 Å². The minimum Gasteiger partial charge on any atom is -0.494 e. The number of phosphoric acid groups is 1. The van der Waals surface area contributed by atoms with E-state index in [1.165, 1.54) is 30.3 Å². The average Bonchev–Trinajstić information content (AvgIpc) is 3.63. The van der Waals surface area contributed by atoms with Crippen LogP contribution in [0.15, 0.2) is 30.6 Å². The number of nitrogens with zero attached hydrogens (tertiary/aromatic N) is 6. The molecule has 0 saturated heterocycles. The number of benzene rings is 1. The van der Waals surface area contributed by atoms with Gasteiger partial charge in [-0.3, -0.25) is 18.8 Å². The van der Waals surface area contributed by atoms with E-state index in [1.54, 1.807) is 19.2 Å². The summed E-state index contributed by atoms with van der Waals surface area (Å²) in [5.74, 6) is -1.45. The smallest absolute Gasteiger partial charge is 0.471 e. The second-order valence-corrected chi connectivity index (χ2v) is 9.20. The van der Waals surface area contributed by atoms with Gasteiger partial charge in [0, 0.05) is 30.1 Å². The zero-order valence-corrected chi connectivity index (χ0v) is 20.5. The van der Waals surface area contributed by atoms with E-state index in [0.717, 1.165) is 4.90 Å². The molecule has 2 heterocycles. The molecule has 1 aliphatic carbocycles. The Labute approximate surface area is 215 Å². The minimum atomic E-state index is -5.07. The number of aryl methyl sites for hydroxylation is 1. The number of hydrogen-bond acceptors (Lipinski definition) is 10. The summed E-state index contributed by atoms with van der Waals surface area (Å²) >= 11 is 0. The van der Waals surface area contributed by atoms with Crippen LogP contribution >= 0.6 is 7.82 Å². The lowest BCUT2D eigenvalue weighted by Crippen LogP contribution is -2.28. The van der Waals surface area contributed by atoms with Gasteiger partial charge in [-0.2, -0.15) is 5.10 Å². The van der Waals surface area contributed by atoms with Crippen LogP contribution in [0.5, 0.6) is 5.75 Å². The van der Waals surface area contributed by atoms with Crippen molar-refractivity contribution in [1.29, 1.82) is 0 Å². The van der Waals surface area contributed by atoms with E-state index < -0.39 is 33.1 Å². The van der Waals surface area contributed by atoms with E-state index in [2.05, 4.69) is 25.6 Å². The Kier molecular flexibility index (Phi) is 6.39. The van der Waals surface area contributed by atoms with E-state index in [1.807, 2.05) is 5.32 Å². The Hall–Kier alpha value is -3.91. The first kappa shape index (κ1) is 22.3. The molecule has 1 saturated carbocycles. The van der Waals surface area contributed by atoms with Crippen LogP contribution in [-0.2, 0) is 20.9 Å². The highest BCUT2D eigenvalue weighted by atomic mass is 31.2. The topological polar surface area (TPSA) is 194 Å². The van der Waals surface area contributed by atoms with Crippen LogP contribution < -0.4 is 20.3 Å². The lowest BCUT2D eigenvalue weighted by molar-refractivity contribution is -0.117. The zero-order chi connectivity index (χ0) is 29.2. The first-order chi connectivity index (χ1) is 18.8. The van der Waals surface area contributed by atoms with Gasteiger partial charge in [-0.25, -0.2) is 9.55 Å². The van der Waals surface area contributed by atoms with Gasteiger partial charge in [0.05, 0.1) is 24.0 Å². The van der Waals surface area contributed by atoms with E-state index >= 15 is 0 Å². The average molecular weight is 535 g/mol. The molecule has 0 radical (unpaired) electrons. The van der Waals surface area contributed by atoms with Gasteiger partial charge < -0.3 is 30.1 Å². The van der Waals surface area contributed by atoms with Crippen LogP contribution in [0.4, 0.5) is 17.2 Å². The van der Waals surface area contributed by atoms with Crippen molar-refractivity contribution in [1.82, 2.24) is 30.3 Å². The number of nitrogens with one attached hydrogen (secondary N) is 2. The third kappa shape index (κ3) is 6.09. The monoisotopic (exact) mass is 535 g/mol. The van der Waals surface area contributed by atoms with Crippen LogP contribution in [0, 0.1) is 5.92 Å². The number of para-hydroxylation sites is 1. The van der Waals surface area contributed by atoms with Crippen molar-refractivity contribution in [2.24, 2.45) is 13.0 Å². The minimum absolute atomic E-state index is 0.0972. The number of ether oxygens (including phenoxy) is 1. The van der Waals surface area contributed by atoms with Gasteiger partial charge in [-0.15, -0.1) is 10.2 Å². The van der Waals surface area contributed by atoms with Gasteiger partial charge in [-0.1, -0.05) is 6.07 Å². The maximum atomic E-state index is 13.0. The van der Waals surface area contributed by atoms with Crippen molar-refractivity contribution in [3.05, 3.63) is 36.3 Å². The molecule has 0 unspecified atom stereocenters. The van der Waals surface area contributed by atoms with Crippen LogP contribution in [-0.4, -0.2) is 67.4 Å². The van der Waals surface area contributed by atoms with E-state index in [9.17, 15) is 23.9 Å². The number of amides is 2. The van der Waals surface area contributed by atoms with Crippen LogP contribution in [0.3, 0.4) is 0 Å². The molecule has 15 nitrogen and oxygen atoms in total. The maximum absolute atomic E-state index is 13.0. The van der Waals surface area contributed by atoms with Crippen molar-refractivity contribution in [2.45, 2.75) is 12.8 Å². The Balaban J connectivity index is 1.90. The highest BCUT2D eigenvalue weighted by Gasteiger charge is 2.31. The second kappa shape index (κ2) is 10.6. The van der Waals surface area contributed by atoms with Crippen molar-refractivity contribution in [3.8, 4) is 17.1 Å². The van der Waals surface area contributed by atoms with Crippen LogP contribution in [0.1, 0.15) is 27.4 Å². The Morgan fingerprint density at radius 3 is 2.70 bits per heavy atom. The predicted molar refractivity (Wildman–Crippen MR) is 130 cm³/mol. The first-order valence-electron chi connectivity index (χ1n) is 12.3. The molecule has 3 aromatic rings. The summed E-state index contributed by atoms with van der Waals surface area (Å²) in [5.41, 5.74) is -0.269. The summed E-state index contributed by atoms with van der Waals surface area (Å²) in [6.45, 7) is -3.76. The maximum Gasteiger partial charge on any atom is 0.471 e. The van der Waals surface area contributed by atoms with Crippen molar-refractivity contribution >= 4 is 36.8 Å². The summed E-state index contributed by atoms with van der Waals surface area (Å²) in [6, 6.07) is 5.90. The molecule has 37 heavy (non-hydrogen) atoms. The number of aromatic nitrogens is 5. The fourth-order valence-corrected chi connectivity index (χ4v) is 3.70. The first-order valence-corrected chi connectivity index (χ1v) is 12.3. The quantitative estimate of drug-likeness (QED) is 0.214. The summed E-state index contributed by atoms with van der Waals surface area (Å²) in [5, 5.41) is 16.3. The summed E-state index contributed by atoms with van der Waals surface area (Å²) in [6.07, 6.45) is 2.84. The third-order valence-electron chi connectivity index (χ3n) is 5.28. The van der Waals surface area contributed by atoms with Crippen molar-refractivity contribution < 1.29 is 37.3 Å². The Morgan fingerprint density at radius 2 is 2.08 bits per heavy atom. The molecular weight excluding hydrogens is 507 g/mol. The molecule has 0 bridgehead atoms. The lowest BCUT2D eigenvalue weighted by Gasteiger charge is -2.28. The number of carbonyl (C=O) groups excluding carboxylic acids is 2. The summed E-state index contributed by atoms with van der Waals surface area (Å²) in [4.78, 5) is 49.6. The largest absolute Gasteiger partial charge is 0.494 e. The molecule has 196 valence electrons. The molecule has 0 atom stereocenters. The van der Waals surface area contributed by atoms with Crippen LogP contribution in [0.25, 0.3) is 11.4 Å². The van der Waals surface area contributed by atoms with Crippen molar-refractivity contribution in [2.75, 3.05) is 31.0 Å². The third-order valence-corrected chi connectivity index (χ3v) is 5.73. The van der Waals surface area contributed by atoms with E-state index in [4.69, 9.17) is 13.4 Å². The van der Waals surface area contributed by atoms with Crippen molar-refractivity contribution in [3.63, 3.8) is 0 Å². The predicted octanol–water partition coefficient (Wildman–Crippen LogP) is 1.19. The summed E-state index contributed by atoms with van der Waals surface area (Å²) in [7, 11) is -2.08. The summed E-state index contributed by atoms with van der Waals surface area (Å²) < 4.78 is 45.8.